The lowest BCUT2D eigenvalue weighted by Gasteiger charge is -2.00. The van der Waals surface area contributed by atoms with Crippen LogP contribution < -0.4 is 0 Å². The zero-order chi connectivity index (χ0) is 12.7. The third-order valence-corrected chi connectivity index (χ3v) is 2.59. The van der Waals surface area contributed by atoms with Crippen LogP contribution in [0.4, 0.5) is 0 Å². The van der Waals surface area contributed by atoms with Crippen molar-refractivity contribution in [3.63, 3.8) is 0 Å². The van der Waals surface area contributed by atoms with Gasteiger partial charge in [-0.25, -0.2) is 15.0 Å². The van der Waals surface area contributed by atoms with Crippen LogP contribution in [0.3, 0.4) is 0 Å². The highest BCUT2D eigenvalue weighted by Gasteiger charge is 2.15. The fraction of sp³-hybridized carbons (Fsp3) is 0. The zero-order valence-electron chi connectivity index (χ0n) is 9.36. The average Bonchev–Trinajstić information content (AvgIpc) is 3.18. The van der Waals surface area contributed by atoms with Crippen LogP contribution in [-0.4, -0.2) is 50.8 Å². The quantitative estimate of drug-likeness (QED) is 0.455. The highest BCUT2D eigenvalue weighted by Crippen LogP contribution is 2.23. The van der Waals surface area contributed by atoms with Gasteiger partial charge >= 0.3 is 0 Å². The Kier molecular flexibility index (Phi) is 1.89. The number of nitrogens with zero attached hydrogens (tertiary/aromatic N) is 7. The first-order chi connectivity index (χ1) is 9.42. The number of fused-ring (bicyclic) bond motifs is 1. The van der Waals surface area contributed by atoms with Crippen LogP contribution in [0, 0.1) is 0 Å². The molecule has 0 fully saturated rings. The maximum absolute atomic E-state index is 4.43. The van der Waals surface area contributed by atoms with E-state index in [1.165, 1.54) is 0 Å². The zero-order valence-corrected chi connectivity index (χ0v) is 9.36. The first-order valence-electron chi connectivity index (χ1n) is 5.35. The number of aromatic nitrogens is 10. The second-order valence-corrected chi connectivity index (χ2v) is 3.71. The maximum atomic E-state index is 4.43. The predicted octanol–water partition coefficient (Wildman–Crippen LogP) is -0.0769. The van der Waals surface area contributed by atoms with E-state index in [-0.39, 0.29) is 0 Å². The summed E-state index contributed by atoms with van der Waals surface area (Å²) in [5.74, 6) is 0.423. The van der Waals surface area contributed by atoms with Gasteiger partial charge in [-0.15, -0.1) is 0 Å². The Hall–Kier alpha value is -3.17. The highest BCUT2D eigenvalue weighted by molar-refractivity contribution is 5.86. The second kappa shape index (κ2) is 3.66. The Morgan fingerprint density at radius 3 is 2.42 bits per heavy atom. The molecule has 0 unspecified atom stereocenters. The molecule has 3 N–H and O–H groups in total. The molecule has 0 saturated heterocycles. The summed E-state index contributed by atoms with van der Waals surface area (Å²) in [5.41, 5.74) is 2.97. The van der Waals surface area contributed by atoms with Crippen LogP contribution in [0.1, 0.15) is 0 Å². The third-order valence-electron chi connectivity index (χ3n) is 2.59. The van der Waals surface area contributed by atoms with Crippen molar-refractivity contribution < 1.29 is 0 Å². The molecule has 4 heterocycles. The summed E-state index contributed by atoms with van der Waals surface area (Å²) in [6, 6.07) is 0. The summed E-state index contributed by atoms with van der Waals surface area (Å²) < 4.78 is 0. The number of nitrogens with one attached hydrogen (secondary N) is 3. The Labute approximate surface area is 104 Å². The Bertz CT molecular complexity index is 812. The smallest absolute Gasteiger partial charge is 0.184 e. The minimum absolute atomic E-state index is 0.423. The van der Waals surface area contributed by atoms with Crippen LogP contribution in [-0.2, 0) is 0 Å². The van der Waals surface area contributed by atoms with Gasteiger partial charge in [0.2, 0.25) is 0 Å². The molecule has 19 heavy (non-hydrogen) atoms. The van der Waals surface area contributed by atoms with E-state index >= 15 is 0 Å². The molecule has 0 amide bonds. The van der Waals surface area contributed by atoms with Gasteiger partial charge in [0.05, 0.1) is 18.7 Å². The van der Waals surface area contributed by atoms with Crippen LogP contribution in [0.2, 0.25) is 0 Å². The molecule has 0 spiro atoms. The summed E-state index contributed by atoms with van der Waals surface area (Å²) in [5, 5.41) is 20.6. The topological polar surface area (TPSA) is 138 Å². The molecular formula is C9H6N10. The Morgan fingerprint density at radius 1 is 0.895 bits per heavy atom. The van der Waals surface area contributed by atoms with E-state index in [1.54, 1.807) is 18.7 Å². The lowest BCUT2D eigenvalue weighted by Crippen LogP contribution is -1.95. The van der Waals surface area contributed by atoms with Crippen molar-refractivity contribution in [1.82, 2.24) is 50.8 Å². The standard InChI is InChI=1S/C9H6N10/c1-4(16-18-12-1)6-7-9(11-3-10-7)15-8(14-6)5-2-13-19-17-5/h1-3H,(H,12,16,18)(H,13,17,19)(H,10,11,14,15). The van der Waals surface area contributed by atoms with Gasteiger partial charge in [-0.2, -0.15) is 30.8 Å². The van der Waals surface area contributed by atoms with Crippen molar-refractivity contribution in [2.24, 2.45) is 0 Å². The summed E-state index contributed by atoms with van der Waals surface area (Å²) in [7, 11) is 0. The molecule has 0 aromatic carbocycles. The Balaban J connectivity index is 2.03. The third kappa shape index (κ3) is 1.46. The second-order valence-electron chi connectivity index (χ2n) is 3.71. The maximum Gasteiger partial charge on any atom is 0.184 e. The van der Waals surface area contributed by atoms with Crippen LogP contribution >= 0.6 is 0 Å². The molecule has 4 rings (SSSR count). The SMILES string of the molecule is c1nc2nc(-c3cn[nH]n3)nc(-c3cn[nH]n3)c2[nH]1. The van der Waals surface area contributed by atoms with E-state index in [4.69, 9.17) is 0 Å². The monoisotopic (exact) mass is 254 g/mol. The van der Waals surface area contributed by atoms with E-state index in [1.807, 2.05) is 0 Å². The van der Waals surface area contributed by atoms with Gasteiger partial charge in [-0.05, 0) is 0 Å². The minimum Gasteiger partial charge on any atom is -0.341 e. The molecule has 0 aliphatic carbocycles. The molecule has 0 aliphatic heterocycles. The summed E-state index contributed by atoms with van der Waals surface area (Å²) in [6.45, 7) is 0. The number of H-pyrrole nitrogens is 3. The molecule has 92 valence electrons. The van der Waals surface area contributed by atoms with Gasteiger partial charge in [-0.1, -0.05) is 0 Å². The first-order valence-corrected chi connectivity index (χ1v) is 5.35. The van der Waals surface area contributed by atoms with Crippen LogP contribution in [0.5, 0.6) is 0 Å². The number of rotatable bonds is 2. The lowest BCUT2D eigenvalue weighted by atomic mass is 10.2. The molecule has 0 saturated carbocycles. The van der Waals surface area contributed by atoms with Crippen molar-refractivity contribution in [2.75, 3.05) is 0 Å². The van der Waals surface area contributed by atoms with E-state index in [2.05, 4.69) is 50.8 Å². The van der Waals surface area contributed by atoms with Crippen molar-refractivity contribution >= 4 is 11.2 Å². The fourth-order valence-corrected chi connectivity index (χ4v) is 1.76. The molecular weight excluding hydrogens is 248 g/mol. The van der Waals surface area contributed by atoms with Gasteiger partial charge in [0, 0.05) is 0 Å². The first kappa shape index (κ1) is 9.82. The Morgan fingerprint density at radius 2 is 1.68 bits per heavy atom. The van der Waals surface area contributed by atoms with E-state index in [9.17, 15) is 0 Å². The summed E-state index contributed by atoms with van der Waals surface area (Å²) >= 11 is 0. The number of aromatic amines is 3. The molecule has 0 radical (unpaired) electrons. The molecule has 4 aromatic rings. The highest BCUT2D eigenvalue weighted by atomic mass is 15.3. The summed E-state index contributed by atoms with van der Waals surface area (Å²) in [4.78, 5) is 15.9. The summed E-state index contributed by atoms with van der Waals surface area (Å²) in [6.07, 6.45) is 4.67. The molecule has 0 aliphatic rings. The van der Waals surface area contributed by atoms with Crippen molar-refractivity contribution in [3.05, 3.63) is 18.7 Å². The van der Waals surface area contributed by atoms with Gasteiger partial charge in [0.25, 0.3) is 0 Å². The van der Waals surface area contributed by atoms with Gasteiger partial charge < -0.3 is 4.98 Å². The van der Waals surface area contributed by atoms with Crippen LogP contribution in [0.15, 0.2) is 18.7 Å². The molecule has 4 aromatic heterocycles. The van der Waals surface area contributed by atoms with Gasteiger partial charge in [-0.3, -0.25) is 0 Å². The van der Waals surface area contributed by atoms with E-state index < -0.39 is 0 Å². The van der Waals surface area contributed by atoms with Crippen LogP contribution in [0.25, 0.3) is 34.1 Å². The fourth-order valence-electron chi connectivity index (χ4n) is 1.76. The number of hydrogen-bond acceptors (Lipinski definition) is 7. The predicted molar refractivity (Wildman–Crippen MR) is 62.4 cm³/mol. The average molecular weight is 254 g/mol. The van der Waals surface area contributed by atoms with Gasteiger partial charge in [0.1, 0.15) is 22.6 Å². The largest absolute Gasteiger partial charge is 0.341 e. The van der Waals surface area contributed by atoms with E-state index in [0.717, 1.165) is 0 Å². The van der Waals surface area contributed by atoms with Crippen molar-refractivity contribution in [3.8, 4) is 22.9 Å². The molecule has 10 nitrogen and oxygen atoms in total. The number of imidazole rings is 1. The molecule has 0 atom stereocenters. The normalized spacial score (nSPS) is 11.2. The minimum atomic E-state index is 0.423. The van der Waals surface area contributed by atoms with Crippen molar-refractivity contribution in [1.29, 1.82) is 0 Å². The van der Waals surface area contributed by atoms with Gasteiger partial charge in [0.15, 0.2) is 11.5 Å². The molecule has 10 heteroatoms. The molecule has 0 bridgehead atoms. The van der Waals surface area contributed by atoms with E-state index in [0.29, 0.717) is 34.1 Å². The number of hydrogen-bond donors (Lipinski definition) is 3. The van der Waals surface area contributed by atoms with Crippen molar-refractivity contribution in [2.45, 2.75) is 0 Å². The lowest BCUT2D eigenvalue weighted by molar-refractivity contribution is 0.937.